The van der Waals surface area contributed by atoms with Gasteiger partial charge in [0.2, 0.25) is 5.91 Å². The summed E-state index contributed by atoms with van der Waals surface area (Å²) in [7, 11) is 0. The molecule has 2 rings (SSSR count). The average Bonchev–Trinajstić information content (AvgIpc) is 2.63. The van der Waals surface area contributed by atoms with Crippen LogP contribution in [-0.2, 0) is 4.79 Å². The van der Waals surface area contributed by atoms with E-state index in [1.54, 1.807) is 13.0 Å². The molecule has 0 unspecified atom stereocenters. The highest BCUT2D eigenvalue weighted by molar-refractivity contribution is 7.80. The summed E-state index contributed by atoms with van der Waals surface area (Å²) in [5.41, 5.74) is 6.30. The predicted molar refractivity (Wildman–Crippen MR) is 86.7 cm³/mol. The summed E-state index contributed by atoms with van der Waals surface area (Å²) in [5, 5.41) is 2.80. The van der Waals surface area contributed by atoms with Crippen LogP contribution < -0.4 is 11.1 Å². The second-order valence-corrected chi connectivity index (χ2v) is 6.27. The van der Waals surface area contributed by atoms with Gasteiger partial charge in [-0.2, -0.15) is 0 Å². The highest BCUT2D eigenvalue weighted by atomic mass is 32.1. The Labute approximate surface area is 130 Å². The molecule has 1 fully saturated rings. The number of carbonyl (C=O) groups is 1. The fourth-order valence-corrected chi connectivity index (χ4v) is 3.27. The van der Waals surface area contributed by atoms with E-state index in [1.165, 1.54) is 12.1 Å². The second-order valence-electron chi connectivity index (χ2n) is 5.83. The van der Waals surface area contributed by atoms with Crippen LogP contribution in [-0.4, -0.2) is 10.9 Å². The van der Waals surface area contributed by atoms with E-state index >= 15 is 0 Å². The van der Waals surface area contributed by atoms with E-state index in [9.17, 15) is 9.18 Å². The molecule has 5 heteroatoms. The molecule has 3 nitrogen and oxygen atoms in total. The first-order chi connectivity index (χ1) is 9.94. The number of benzene rings is 1. The number of nitrogens with two attached hydrogens (primary N) is 1. The number of hydrogen-bond acceptors (Lipinski definition) is 2. The Hall–Kier alpha value is -1.49. The Balaban J connectivity index is 2.24. The molecule has 3 N–H and O–H groups in total. The smallest absolute Gasteiger partial charge is 0.237 e. The van der Waals surface area contributed by atoms with Crippen molar-refractivity contribution in [1.82, 2.24) is 0 Å². The number of rotatable bonds is 3. The molecule has 0 aliphatic heterocycles. The maximum Gasteiger partial charge on any atom is 0.237 e. The topological polar surface area (TPSA) is 55.1 Å². The van der Waals surface area contributed by atoms with Gasteiger partial charge in [0.1, 0.15) is 5.82 Å². The van der Waals surface area contributed by atoms with E-state index < -0.39 is 5.41 Å². The molecule has 1 aliphatic rings. The fraction of sp³-hybridized carbons (Fsp3) is 0.500. The molecule has 21 heavy (non-hydrogen) atoms. The van der Waals surface area contributed by atoms with Crippen molar-refractivity contribution in [3.63, 3.8) is 0 Å². The van der Waals surface area contributed by atoms with Gasteiger partial charge >= 0.3 is 0 Å². The van der Waals surface area contributed by atoms with Crippen LogP contribution in [0.2, 0.25) is 0 Å². The lowest BCUT2D eigenvalue weighted by Crippen LogP contribution is -2.45. The molecule has 0 heterocycles. The van der Waals surface area contributed by atoms with Crippen molar-refractivity contribution < 1.29 is 9.18 Å². The van der Waals surface area contributed by atoms with E-state index in [2.05, 4.69) is 5.32 Å². The molecular formula is C16H21FN2OS. The van der Waals surface area contributed by atoms with E-state index in [1.807, 2.05) is 0 Å². The number of thiocarbonyl (C=S) groups is 1. The quantitative estimate of drug-likeness (QED) is 0.661. The first kappa shape index (κ1) is 15.9. The van der Waals surface area contributed by atoms with Gasteiger partial charge in [-0.1, -0.05) is 37.9 Å². The molecule has 0 atom stereocenters. The van der Waals surface area contributed by atoms with Crippen molar-refractivity contribution in [2.24, 2.45) is 11.1 Å². The SMILES string of the molecule is Cc1cc(F)cc(NC(=O)C2(C(N)=S)CCCCCC2)c1. The Morgan fingerprint density at radius 1 is 1.24 bits per heavy atom. The van der Waals surface area contributed by atoms with Crippen LogP contribution in [0.25, 0.3) is 0 Å². The molecular weight excluding hydrogens is 287 g/mol. The standard InChI is InChI=1S/C16H21FN2OS/c1-11-8-12(17)10-13(9-11)19-15(20)16(14(18)21)6-4-2-3-5-7-16/h8-10H,2-7H2,1H3,(H2,18,21)(H,19,20). The molecule has 0 spiro atoms. The van der Waals surface area contributed by atoms with Gasteiger partial charge in [-0.3, -0.25) is 4.79 Å². The number of halogens is 1. The summed E-state index contributed by atoms with van der Waals surface area (Å²) in [6.07, 6.45) is 5.40. The number of hydrogen-bond donors (Lipinski definition) is 2. The molecule has 0 aromatic heterocycles. The van der Waals surface area contributed by atoms with Gasteiger partial charge in [0.25, 0.3) is 0 Å². The normalized spacial score (nSPS) is 17.8. The summed E-state index contributed by atoms with van der Waals surface area (Å²) >= 11 is 5.17. The van der Waals surface area contributed by atoms with Gasteiger partial charge in [-0.05, 0) is 43.5 Å². The molecule has 1 amide bonds. The minimum atomic E-state index is -0.800. The number of amides is 1. The maximum atomic E-state index is 13.4. The van der Waals surface area contributed by atoms with Crippen molar-refractivity contribution in [2.45, 2.75) is 45.4 Å². The zero-order valence-electron chi connectivity index (χ0n) is 12.2. The number of aryl methyl sites for hydroxylation is 1. The van der Waals surface area contributed by atoms with Crippen molar-refractivity contribution in [1.29, 1.82) is 0 Å². The zero-order valence-corrected chi connectivity index (χ0v) is 13.1. The molecule has 0 saturated heterocycles. The molecule has 0 bridgehead atoms. The summed E-state index contributed by atoms with van der Waals surface area (Å²) < 4.78 is 13.4. The van der Waals surface area contributed by atoms with Crippen LogP contribution in [0.15, 0.2) is 18.2 Å². The molecule has 1 aromatic carbocycles. The van der Waals surface area contributed by atoms with Gasteiger partial charge in [0.15, 0.2) is 0 Å². The van der Waals surface area contributed by atoms with Crippen LogP contribution >= 0.6 is 12.2 Å². The molecule has 1 saturated carbocycles. The number of anilines is 1. The molecule has 0 radical (unpaired) electrons. The lowest BCUT2D eigenvalue weighted by molar-refractivity contribution is -0.122. The zero-order chi connectivity index (χ0) is 15.5. The Kier molecular flexibility index (Phi) is 4.93. The molecule has 114 valence electrons. The lowest BCUT2D eigenvalue weighted by Gasteiger charge is -2.30. The van der Waals surface area contributed by atoms with Crippen LogP contribution in [0.5, 0.6) is 0 Å². The molecule has 1 aromatic rings. The summed E-state index contributed by atoms with van der Waals surface area (Å²) in [6.45, 7) is 1.79. The maximum absolute atomic E-state index is 13.4. The van der Waals surface area contributed by atoms with Crippen LogP contribution in [0.4, 0.5) is 10.1 Å². The third-order valence-electron chi connectivity index (χ3n) is 4.16. The van der Waals surface area contributed by atoms with Gasteiger partial charge in [-0.15, -0.1) is 0 Å². The monoisotopic (exact) mass is 308 g/mol. The Bertz CT molecular complexity index is 531. The third kappa shape index (κ3) is 3.59. The van der Waals surface area contributed by atoms with Gasteiger partial charge in [0.05, 0.1) is 10.4 Å². The van der Waals surface area contributed by atoms with Gasteiger partial charge in [0, 0.05) is 5.69 Å². The van der Waals surface area contributed by atoms with E-state index in [0.717, 1.165) is 31.2 Å². The minimum Gasteiger partial charge on any atom is -0.392 e. The lowest BCUT2D eigenvalue weighted by atomic mass is 9.79. The van der Waals surface area contributed by atoms with Crippen molar-refractivity contribution in [2.75, 3.05) is 5.32 Å². The van der Waals surface area contributed by atoms with Gasteiger partial charge in [-0.25, -0.2) is 4.39 Å². The number of carbonyl (C=O) groups excluding carboxylic acids is 1. The fourth-order valence-electron chi connectivity index (χ4n) is 2.98. The van der Waals surface area contributed by atoms with Crippen molar-refractivity contribution in [3.8, 4) is 0 Å². The minimum absolute atomic E-state index is 0.207. The van der Waals surface area contributed by atoms with E-state index in [4.69, 9.17) is 18.0 Å². The number of nitrogens with one attached hydrogen (secondary N) is 1. The van der Waals surface area contributed by atoms with Crippen LogP contribution in [0, 0.1) is 18.2 Å². The van der Waals surface area contributed by atoms with E-state index in [-0.39, 0.29) is 16.7 Å². The summed E-state index contributed by atoms with van der Waals surface area (Å²) in [6, 6.07) is 4.48. The first-order valence-corrected chi connectivity index (χ1v) is 7.73. The highest BCUT2D eigenvalue weighted by Gasteiger charge is 2.41. The summed E-state index contributed by atoms with van der Waals surface area (Å²) in [4.78, 5) is 13.0. The third-order valence-corrected chi connectivity index (χ3v) is 4.55. The van der Waals surface area contributed by atoms with Crippen LogP contribution in [0.3, 0.4) is 0 Å². The van der Waals surface area contributed by atoms with Crippen molar-refractivity contribution in [3.05, 3.63) is 29.6 Å². The predicted octanol–water partition coefficient (Wildman–Crippen LogP) is 3.70. The van der Waals surface area contributed by atoms with E-state index in [0.29, 0.717) is 18.5 Å². The molecule has 1 aliphatic carbocycles. The summed E-state index contributed by atoms with van der Waals surface area (Å²) in [5.74, 6) is -0.572. The van der Waals surface area contributed by atoms with Crippen molar-refractivity contribution >= 4 is 28.8 Å². The highest BCUT2D eigenvalue weighted by Crippen LogP contribution is 2.36. The largest absolute Gasteiger partial charge is 0.392 e. The van der Waals surface area contributed by atoms with Gasteiger partial charge < -0.3 is 11.1 Å². The average molecular weight is 308 g/mol. The second kappa shape index (κ2) is 6.52. The Morgan fingerprint density at radius 3 is 2.38 bits per heavy atom. The first-order valence-electron chi connectivity index (χ1n) is 7.33. The Morgan fingerprint density at radius 2 is 1.86 bits per heavy atom. The van der Waals surface area contributed by atoms with Crippen LogP contribution in [0.1, 0.15) is 44.1 Å².